The second-order valence-electron chi connectivity index (χ2n) is 5.62. The van der Waals surface area contributed by atoms with Gasteiger partial charge in [0.1, 0.15) is 0 Å². The fraction of sp³-hybridized carbons (Fsp3) is 1.00. The van der Waals surface area contributed by atoms with E-state index in [1.54, 1.807) is 7.11 Å². The zero-order valence-electron chi connectivity index (χ0n) is 12.3. The minimum absolute atomic E-state index is 0.249. The number of methoxy groups -OCH3 is 1. The van der Waals surface area contributed by atoms with Crippen LogP contribution in [-0.2, 0) is 4.74 Å². The van der Waals surface area contributed by atoms with Gasteiger partial charge in [-0.15, -0.1) is 0 Å². The summed E-state index contributed by atoms with van der Waals surface area (Å²) in [5.74, 6) is 0. The monoisotopic (exact) mass is 244 g/mol. The van der Waals surface area contributed by atoms with Gasteiger partial charge in [0, 0.05) is 13.5 Å². The second-order valence-corrected chi connectivity index (χ2v) is 5.62. The van der Waals surface area contributed by atoms with Crippen molar-refractivity contribution in [2.45, 2.75) is 84.8 Å². The van der Waals surface area contributed by atoms with Crippen LogP contribution < -0.4 is 0 Å². The molecule has 1 N–H and O–H groups in total. The highest BCUT2D eigenvalue weighted by atomic mass is 16.6. The van der Waals surface area contributed by atoms with E-state index in [9.17, 15) is 5.11 Å². The van der Waals surface area contributed by atoms with E-state index >= 15 is 0 Å². The van der Waals surface area contributed by atoms with Gasteiger partial charge in [0.05, 0.1) is 0 Å². The fourth-order valence-electron chi connectivity index (χ4n) is 2.42. The predicted octanol–water partition coefficient (Wildman–Crippen LogP) is 4.51. The Labute approximate surface area is 108 Å². The molecular formula is C15H32O2. The smallest absolute Gasteiger partial charge is 0.154 e. The van der Waals surface area contributed by atoms with Crippen molar-refractivity contribution in [2.24, 2.45) is 5.41 Å². The lowest BCUT2D eigenvalue weighted by Crippen LogP contribution is -2.25. The molecule has 0 radical (unpaired) electrons. The molecule has 0 saturated carbocycles. The van der Waals surface area contributed by atoms with E-state index in [1.807, 2.05) is 0 Å². The lowest BCUT2D eigenvalue weighted by molar-refractivity contribution is -0.102. The summed E-state index contributed by atoms with van der Waals surface area (Å²) in [6, 6.07) is 0. The first-order chi connectivity index (χ1) is 8.08. The molecule has 1 unspecified atom stereocenters. The van der Waals surface area contributed by atoms with E-state index in [2.05, 4.69) is 20.8 Å². The van der Waals surface area contributed by atoms with Crippen LogP contribution in [0.1, 0.15) is 78.6 Å². The van der Waals surface area contributed by atoms with Gasteiger partial charge in [-0.3, -0.25) is 0 Å². The maximum atomic E-state index is 9.67. The van der Waals surface area contributed by atoms with Gasteiger partial charge in [0.2, 0.25) is 0 Å². The molecule has 2 nitrogen and oxygen atoms in total. The molecule has 0 aliphatic rings. The average Bonchev–Trinajstić information content (AvgIpc) is 2.32. The highest BCUT2D eigenvalue weighted by molar-refractivity contribution is 4.75. The van der Waals surface area contributed by atoms with Gasteiger partial charge < -0.3 is 9.84 Å². The highest BCUT2D eigenvalue weighted by Crippen LogP contribution is 2.35. The summed E-state index contributed by atoms with van der Waals surface area (Å²) < 4.78 is 5.01. The number of ether oxygens (including phenoxy) is 1. The van der Waals surface area contributed by atoms with Crippen molar-refractivity contribution in [3.05, 3.63) is 0 Å². The molecule has 0 saturated heterocycles. The Kier molecular flexibility index (Phi) is 9.85. The molecule has 17 heavy (non-hydrogen) atoms. The van der Waals surface area contributed by atoms with Crippen molar-refractivity contribution in [1.29, 1.82) is 0 Å². The Balaban J connectivity index is 4.08. The SMILES string of the molecule is CCCCCCC(C)(CCCC)C[C@H](O)OC. The molecular weight excluding hydrogens is 212 g/mol. The first-order valence-electron chi connectivity index (χ1n) is 7.29. The number of hydrogen-bond acceptors (Lipinski definition) is 2. The summed E-state index contributed by atoms with van der Waals surface area (Å²) in [5, 5.41) is 9.67. The molecule has 0 bridgehead atoms. The van der Waals surface area contributed by atoms with Crippen molar-refractivity contribution in [1.82, 2.24) is 0 Å². The van der Waals surface area contributed by atoms with Crippen LogP contribution in [0.2, 0.25) is 0 Å². The largest absolute Gasteiger partial charge is 0.368 e. The molecule has 0 fully saturated rings. The minimum atomic E-state index is -0.594. The van der Waals surface area contributed by atoms with Gasteiger partial charge >= 0.3 is 0 Å². The van der Waals surface area contributed by atoms with E-state index in [0.717, 1.165) is 6.42 Å². The van der Waals surface area contributed by atoms with Crippen LogP contribution in [0.5, 0.6) is 0 Å². The third-order valence-electron chi connectivity index (χ3n) is 3.71. The maximum Gasteiger partial charge on any atom is 0.154 e. The number of unbranched alkanes of at least 4 members (excludes halogenated alkanes) is 4. The number of hydrogen-bond donors (Lipinski definition) is 1. The van der Waals surface area contributed by atoms with Crippen molar-refractivity contribution in [2.75, 3.05) is 7.11 Å². The second kappa shape index (κ2) is 9.90. The van der Waals surface area contributed by atoms with Crippen LogP contribution in [-0.4, -0.2) is 18.5 Å². The third-order valence-corrected chi connectivity index (χ3v) is 3.71. The summed E-state index contributed by atoms with van der Waals surface area (Å²) in [6.45, 7) is 6.77. The zero-order valence-corrected chi connectivity index (χ0v) is 12.3. The molecule has 0 spiro atoms. The van der Waals surface area contributed by atoms with Crippen molar-refractivity contribution >= 4 is 0 Å². The van der Waals surface area contributed by atoms with Gasteiger partial charge in [0.15, 0.2) is 6.29 Å². The van der Waals surface area contributed by atoms with Crippen LogP contribution in [0.3, 0.4) is 0 Å². The molecule has 0 aromatic carbocycles. The van der Waals surface area contributed by atoms with Crippen LogP contribution in [0.4, 0.5) is 0 Å². The standard InChI is InChI=1S/C15H32O2/c1-5-7-9-10-12-15(3,11-8-6-2)13-14(16)17-4/h14,16H,5-13H2,1-4H3/t14-,15?/m1/s1. The first-order valence-corrected chi connectivity index (χ1v) is 7.29. The summed E-state index contributed by atoms with van der Waals surface area (Å²) >= 11 is 0. The summed E-state index contributed by atoms with van der Waals surface area (Å²) in [7, 11) is 1.59. The lowest BCUT2D eigenvalue weighted by atomic mass is 9.77. The molecule has 0 rings (SSSR count). The van der Waals surface area contributed by atoms with E-state index in [-0.39, 0.29) is 5.41 Å². The van der Waals surface area contributed by atoms with Crippen LogP contribution >= 0.6 is 0 Å². The van der Waals surface area contributed by atoms with E-state index in [0.29, 0.717) is 0 Å². The van der Waals surface area contributed by atoms with Crippen LogP contribution in [0.15, 0.2) is 0 Å². The Hall–Kier alpha value is -0.0800. The van der Waals surface area contributed by atoms with Crippen molar-refractivity contribution < 1.29 is 9.84 Å². The van der Waals surface area contributed by atoms with Crippen LogP contribution in [0.25, 0.3) is 0 Å². The Morgan fingerprint density at radius 3 is 2.12 bits per heavy atom. The van der Waals surface area contributed by atoms with Crippen molar-refractivity contribution in [3.63, 3.8) is 0 Å². The molecule has 104 valence electrons. The lowest BCUT2D eigenvalue weighted by Gasteiger charge is -2.31. The molecule has 0 aromatic heterocycles. The summed E-state index contributed by atoms with van der Waals surface area (Å²) in [6.07, 6.45) is 10.3. The molecule has 0 heterocycles. The van der Waals surface area contributed by atoms with Gasteiger partial charge in [-0.2, -0.15) is 0 Å². The van der Waals surface area contributed by atoms with Gasteiger partial charge in [-0.05, 0) is 18.3 Å². The average molecular weight is 244 g/mol. The zero-order chi connectivity index (χ0) is 13.1. The molecule has 0 amide bonds. The van der Waals surface area contributed by atoms with Gasteiger partial charge in [0.25, 0.3) is 0 Å². The summed E-state index contributed by atoms with van der Waals surface area (Å²) in [5.41, 5.74) is 0.249. The fourth-order valence-corrected chi connectivity index (χ4v) is 2.42. The van der Waals surface area contributed by atoms with Gasteiger partial charge in [-0.1, -0.05) is 59.3 Å². The van der Waals surface area contributed by atoms with E-state index < -0.39 is 6.29 Å². The Morgan fingerprint density at radius 2 is 1.59 bits per heavy atom. The molecule has 2 heteroatoms. The number of aliphatic hydroxyl groups is 1. The normalized spacial score (nSPS) is 16.8. The molecule has 0 aliphatic carbocycles. The van der Waals surface area contributed by atoms with Crippen molar-refractivity contribution in [3.8, 4) is 0 Å². The topological polar surface area (TPSA) is 29.5 Å². The molecule has 2 atom stereocenters. The number of rotatable bonds is 11. The predicted molar refractivity (Wildman–Crippen MR) is 74.0 cm³/mol. The Bertz CT molecular complexity index is 170. The first kappa shape index (κ1) is 16.9. The molecule has 0 aromatic rings. The van der Waals surface area contributed by atoms with E-state index in [4.69, 9.17) is 4.74 Å². The Morgan fingerprint density at radius 1 is 1.00 bits per heavy atom. The van der Waals surface area contributed by atoms with E-state index in [1.165, 1.54) is 51.4 Å². The maximum absolute atomic E-state index is 9.67. The van der Waals surface area contributed by atoms with Crippen LogP contribution in [0, 0.1) is 5.41 Å². The minimum Gasteiger partial charge on any atom is -0.368 e. The van der Waals surface area contributed by atoms with Gasteiger partial charge in [-0.25, -0.2) is 0 Å². The third kappa shape index (κ3) is 8.62. The highest BCUT2D eigenvalue weighted by Gasteiger charge is 2.26. The quantitative estimate of drug-likeness (QED) is 0.428. The number of aliphatic hydroxyl groups excluding tert-OH is 1. The molecule has 0 aliphatic heterocycles. The summed E-state index contributed by atoms with van der Waals surface area (Å²) in [4.78, 5) is 0.